The van der Waals surface area contributed by atoms with Crippen LogP contribution in [0.25, 0.3) is 0 Å². The summed E-state index contributed by atoms with van der Waals surface area (Å²) in [5, 5.41) is 0. The molecule has 0 unspecified atom stereocenters. The van der Waals surface area contributed by atoms with Gasteiger partial charge in [0.05, 0.1) is 0 Å². The SMILES string of the molecule is C=CCC=C(C#Cc1cc(C)cc(C)c1)CC=C. The summed E-state index contributed by atoms with van der Waals surface area (Å²) in [6.45, 7) is 11.7. The summed E-state index contributed by atoms with van der Waals surface area (Å²) in [6.07, 6.45) is 7.52. The fourth-order valence-electron chi connectivity index (χ4n) is 1.77. The van der Waals surface area contributed by atoms with Crippen molar-refractivity contribution in [3.8, 4) is 11.8 Å². The lowest BCUT2D eigenvalue weighted by Crippen LogP contribution is -1.82. The van der Waals surface area contributed by atoms with Gasteiger partial charge in [-0.3, -0.25) is 0 Å². The maximum atomic E-state index is 3.76. The summed E-state index contributed by atoms with van der Waals surface area (Å²) in [7, 11) is 0. The molecule has 0 aliphatic heterocycles. The zero-order chi connectivity index (χ0) is 13.4. The van der Waals surface area contributed by atoms with Crippen LogP contribution in [0.1, 0.15) is 29.5 Å². The number of aryl methyl sites for hydroxylation is 2. The molecule has 0 aliphatic carbocycles. The minimum absolute atomic E-state index is 0.811. The van der Waals surface area contributed by atoms with Crippen molar-refractivity contribution in [1.82, 2.24) is 0 Å². The largest absolute Gasteiger partial charge is 0.103 e. The molecular formula is C18H20. The maximum Gasteiger partial charge on any atom is 0.0254 e. The molecule has 0 saturated carbocycles. The van der Waals surface area contributed by atoms with E-state index in [1.54, 1.807) is 0 Å². The predicted molar refractivity (Wildman–Crippen MR) is 80.5 cm³/mol. The molecule has 0 spiro atoms. The Morgan fingerprint density at radius 3 is 2.33 bits per heavy atom. The highest BCUT2D eigenvalue weighted by Crippen LogP contribution is 2.09. The molecule has 0 aliphatic rings. The molecule has 0 atom stereocenters. The van der Waals surface area contributed by atoms with Crippen molar-refractivity contribution in [1.29, 1.82) is 0 Å². The summed E-state index contributed by atoms with van der Waals surface area (Å²) in [5.41, 5.74) is 4.67. The molecule has 0 saturated heterocycles. The van der Waals surface area contributed by atoms with E-state index in [-0.39, 0.29) is 0 Å². The molecule has 0 heterocycles. The van der Waals surface area contributed by atoms with Gasteiger partial charge in [0.15, 0.2) is 0 Å². The number of rotatable bonds is 4. The third-order valence-corrected chi connectivity index (χ3v) is 2.48. The Morgan fingerprint density at radius 2 is 1.78 bits per heavy atom. The first-order chi connectivity index (χ1) is 8.65. The first-order valence-corrected chi connectivity index (χ1v) is 6.17. The Kier molecular flexibility index (Phi) is 5.74. The molecule has 0 N–H and O–H groups in total. The van der Waals surface area contributed by atoms with Crippen LogP contribution < -0.4 is 0 Å². The third kappa shape index (κ3) is 4.89. The van der Waals surface area contributed by atoms with Gasteiger partial charge in [0.25, 0.3) is 0 Å². The van der Waals surface area contributed by atoms with Gasteiger partial charge in [0.1, 0.15) is 0 Å². The Balaban J connectivity index is 2.95. The van der Waals surface area contributed by atoms with Gasteiger partial charge in [0, 0.05) is 11.1 Å². The van der Waals surface area contributed by atoms with E-state index in [9.17, 15) is 0 Å². The number of hydrogen-bond donors (Lipinski definition) is 0. The normalized spacial score (nSPS) is 10.4. The molecule has 0 amide bonds. The molecule has 1 aromatic rings. The van der Waals surface area contributed by atoms with E-state index in [1.165, 1.54) is 11.1 Å². The monoisotopic (exact) mass is 236 g/mol. The fourth-order valence-corrected chi connectivity index (χ4v) is 1.77. The van der Waals surface area contributed by atoms with E-state index >= 15 is 0 Å². The molecule has 0 aromatic heterocycles. The molecule has 1 aromatic carbocycles. The second-order valence-corrected chi connectivity index (χ2v) is 4.37. The van der Waals surface area contributed by atoms with Gasteiger partial charge in [-0.05, 0) is 49.9 Å². The van der Waals surface area contributed by atoms with Crippen molar-refractivity contribution in [2.75, 3.05) is 0 Å². The van der Waals surface area contributed by atoms with Gasteiger partial charge in [-0.1, -0.05) is 36.1 Å². The van der Waals surface area contributed by atoms with Gasteiger partial charge in [0.2, 0.25) is 0 Å². The molecule has 1 rings (SSSR count). The van der Waals surface area contributed by atoms with E-state index in [4.69, 9.17) is 0 Å². The third-order valence-electron chi connectivity index (χ3n) is 2.48. The minimum atomic E-state index is 0.811. The lowest BCUT2D eigenvalue weighted by Gasteiger charge is -1.98. The van der Waals surface area contributed by atoms with Crippen LogP contribution in [0.5, 0.6) is 0 Å². The number of hydrogen-bond acceptors (Lipinski definition) is 0. The Labute approximate surface area is 111 Å². The Morgan fingerprint density at radius 1 is 1.11 bits per heavy atom. The lowest BCUT2D eigenvalue weighted by molar-refractivity contribution is 1.25. The van der Waals surface area contributed by atoms with Crippen LogP contribution in [0.4, 0.5) is 0 Å². The van der Waals surface area contributed by atoms with Crippen LogP contribution in [-0.4, -0.2) is 0 Å². The number of allylic oxidation sites excluding steroid dienone is 4. The first-order valence-electron chi connectivity index (χ1n) is 6.17. The Hall–Kier alpha value is -2.00. The van der Waals surface area contributed by atoms with Crippen LogP contribution in [0.2, 0.25) is 0 Å². The zero-order valence-electron chi connectivity index (χ0n) is 11.3. The number of benzene rings is 1. The van der Waals surface area contributed by atoms with E-state index in [0.29, 0.717) is 0 Å². The molecule has 0 nitrogen and oxygen atoms in total. The van der Waals surface area contributed by atoms with E-state index in [1.807, 2.05) is 12.2 Å². The van der Waals surface area contributed by atoms with Gasteiger partial charge in [-0.2, -0.15) is 0 Å². The highest BCUT2D eigenvalue weighted by atomic mass is 14.0. The van der Waals surface area contributed by atoms with Crippen molar-refractivity contribution >= 4 is 0 Å². The van der Waals surface area contributed by atoms with Gasteiger partial charge < -0.3 is 0 Å². The molecule has 0 heteroatoms. The van der Waals surface area contributed by atoms with E-state index < -0.39 is 0 Å². The molecule has 18 heavy (non-hydrogen) atoms. The van der Waals surface area contributed by atoms with Gasteiger partial charge >= 0.3 is 0 Å². The highest BCUT2D eigenvalue weighted by molar-refractivity contribution is 5.44. The van der Waals surface area contributed by atoms with Crippen LogP contribution >= 0.6 is 0 Å². The summed E-state index contributed by atoms with van der Waals surface area (Å²) in [5.74, 6) is 6.44. The second-order valence-electron chi connectivity index (χ2n) is 4.37. The smallest absolute Gasteiger partial charge is 0.0254 e. The van der Waals surface area contributed by atoms with Crippen molar-refractivity contribution < 1.29 is 0 Å². The molecule has 0 radical (unpaired) electrons. The van der Waals surface area contributed by atoms with Gasteiger partial charge in [-0.15, -0.1) is 13.2 Å². The quantitative estimate of drug-likeness (QED) is 0.523. The predicted octanol–water partition coefficient (Wildman–Crippen LogP) is 4.73. The van der Waals surface area contributed by atoms with Crippen LogP contribution in [0.3, 0.4) is 0 Å². The molecule has 92 valence electrons. The van der Waals surface area contributed by atoms with Crippen molar-refractivity contribution in [3.63, 3.8) is 0 Å². The van der Waals surface area contributed by atoms with Crippen molar-refractivity contribution in [2.24, 2.45) is 0 Å². The summed E-state index contributed by atoms with van der Waals surface area (Å²) in [4.78, 5) is 0. The molecule has 0 bridgehead atoms. The first kappa shape index (κ1) is 14.1. The van der Waals surface area contributed by atoms with E-state index in [2.05, 4.69) is 63.1 Å². The lowest BCUT2D eigenvalue weighted by atomic mass is 10.1. The topological polar surface area (TPSA) is 0 Å². The average Bonchev–Trinajstić information content (AvgIpc) is 2.31. The molecular weight excluding hydrogens is 216 g/mol. The fraction of sp³-hybridized carbons (Fsp3) is 0.222. The van der Waals surface area contributed by atoms with Crippen molar-refractivity contribution in [3.05, 3.63) is 71.8 Å². The minimum Gasteiger partial charge on any atom is -0.103 e. The summed E-state index contributed by atoms with van der Waals surface area (Å²) >= 11 is 0. The second kappa shape index (κ2) is 7.35. The molecule has 0 fully saturated rings. The maximum absolute atomic E-state index is 3.76. The zero-order valence-corrected chi connectivity index (χ0v) is 11.3. The average molecular weight is 236 g/mol. The van der Waals surface area contributed by atoms with Crippen molar-refractivity contribution in [2.45, 2.75) is 26.7 Å². The standard InChI is InChI=1S/C18H20/c1-5-7-9-17(8-6-2)10-11-18-13-15(3)12-16(4)14-18/h5-6,9,12-14H,1-2,7-8H2,3-4H3. The van der Waals surface area contributed by atoms with Gasteiger partial charge in [-0.25, -0.2) is 0 Å². The summed E-state index contributed by atoms with van der Waals surface area (Å²) in [6, 6.07) is 6.38. The van der Waals surface area contributed by atoms with Crippen LogP contribution in [0, 0.1) is 25.7 Å². The van der Waals surface area contributed by atoms with Crippen LogP contribution in [0.15, 0.2) is 55.2 Å². The van der Waals surface area contributed by atoms with Crippen LogP contribution in [-0.2, 0) is 0 Å². The highest BCUT2D eigenvalue weighted by Gasteiger charge is 1.93. The summed E-state index contributed by atoms with van der Waals surface area (Å²) < 4.78 is 0. The Bertz CT molecular complexity index is 498. The van der Waals surface area contributed by atoms with E-state index in [0.717, 1.165) is 24.0 Å².